The summed E-state index contributed by atoms with van der Waals surface area (Å²) in [6, 6.07) is 16.4. The molecule has 1 atom stereocenters. The lowest BCUT2D eigenvalue weighted by Gasteiger charge is -2.43. The Balaban J connectivity index is 1.53. The Labute approximate surface area is 164 Å². The summed E-state index contributed by atoms with van der Waals surface area (Å²) < 4.78 is 14.1. The fourth-order valence-corrected chi connectivity index (χ4v) is 4.22. The summed E-state index contributed by atoms with van der Waals surface area (Å²) in [5.41, 5.74) is 0.795. The van der Waals surface area contributed by atoms with Gasteiger partial charge in [0.1, 0.15) is 5.82 Å². The molecule has 0 saturated carbocycles. The molecule has 1 N–H and O–H groups in total. The Morgan fingerprint density at radius 2 is 1.64 bits per heavy atom. The van der Waals surface area contributed by atoms with Gasteiger partial charge in [-0.2, -0.15) is 0 Å². The Morgan fingerprint density at radius 3 is 2.29 bits per heavy atom. The molecule has 28 heavy (non-hydrogen) atoms. The molecule has 0 radical (unpaired) electrons. The lowest BCUT2D eigenvalue weighted by Crippen LogP contribution is -2.59. The van der Waals surface area contributed by atoms with Crippen molar-refractivity contribution >= 4 is 17.5 Å². The molecule has 2 fully saturated rings. The summed E-state index contributed by atoms with van der Waals surface area (Å²) in [6.07, 6.45) is 0.852. The zero-order chi connectivity index (χ0) is 19.6. The van der Waals surface area contributed by atoms with Crippen LogP contribution in [0, 0.1) is 5.82 Å². The lowest BCUT2D eigenvalue weighted by molar-refractivity contribution is -0.140. The third-order valence-corrected chi connectivity index (χ3v) is 5.86. The number of rotatable bonds is 3. The number of carbonyl (C=O) groups excluding carboxylic acids is 2. The number of piperidine rings is 1. The number of hydrogen-bond acceptors (Lipinski definition) is 3. The number of nitrogens with one attached hydrogen (secondary N) is 1. The van der Waals surface area contributed by atoms with E-state index in [-0.39, 0.29) is 17.6 Å². The summed E-state index contributed by atoms with van der Waals surface area (Å²) in [5, 5.41) is 2.89. The van der Waals surface area contributed by atoms with Crippen molar-refractivity contribution < 1.29 is 14.0 Å². The maximum absolute atomic E-state index is 14.1. The third-order valence-electron chi connectivity index (χ3n) is 5.86. The van der Waals surface area contributed by atoms with Crippen LogP contribution in [0.2, 0.25) is 0 Å². The summed E-state index contributed by atoms with van der Waals surface area (Å²) in [6.45, 7) is 2.57. The number of amides is 2. The van der Waals surface area contributed by atoms with Crippen molar-refractivity contribution in [1.82, 2.24) is 10.2 Å². The number of piperazine rings is 1. The first kappa shape index (κ1) is 18.5. The first-order valence-corrected chi connectivity index (χ1v) is 9.71. The highest BCUT2D eigenvalue weighted by molar-refractivity contribution is 5.92. The van der Waals surface area contributed by atoms with Gasteiger partial charge in [0.05, 0.1) is 11.1 Å². The van der Waals surface area contributed by atoms with Crippen LogP contribution in [-0.2, 0) is 15.0 Å². The number of benzene rings is 2. The van der Waals surface area contributed by atoms with Crippen LogP contribution in [0.3, 0.4) is 0 Å². The smallest absolute Gasteiger partial charge is 0.235 e. The third kappa shape index (κ3) is 3.35. The predicted molar refractivity (Wildman–Crippen MR) is 106 cm³/mol. The zero-order valence-corrected chi connectivity index (χ0v) is 15.7. The van der Waals surface area contributed by atoms with Gasteiger partial charge in [0.25, 0.3) is 0 Å². The molecule has 0 bridgehead atoms. The highest BCUT2D eigenvalue weighted by Gasteiger charge is 2.45. The van der Waals surface area contributed by atoms with Gasteiger partial charge in [0.15, 0.2) is 0 Å². The van der Waals surface area contributed by atoms with Crippen molar-refractivity contribution in [3.8, 4) is 0 Å². The molecule has 2 aromatic carbocycles. The van der Waals surface area contributed by atoms with E-state index >= 15 is 0 Å². The van der Waals surface area contributed by atoms with Crippen LogP contribution in [0.5, 0.6) is 0 Å². The lowest BCUT2D eigenvalue weighted by atomic mass is 9.73. The van der Waals surface area contributed by atoms with Gasteiger partial charge in [-0.25, -0.2) is 4.39 Å². The Bertz CT molecular complexity index is 853. The zero-order valence-electron chi connectivity index (χ0n) is 15.7. The van der Waals surface area contributed by atoms with Gasteiger partial charge < -0.3 is 15.1 Å². The predicted octanol–water partition coefficient (Wildman–Crippen LogP) is 2.32. The first-order valence-electron chi connectivity index (χ1n) is 9.71. The molecule has 2 saturated heterocycles. The van der Waals surface area contributed by atoms with Crippen molar-refractivity contribution in [3.05, 3.63) is 66.0 Å². The van der Waals surface area contributed by atoms with Crippen molar-refractivity contribution in [2.24, 2.45) is 0 Å². The number of nitrogens with zero attached hydrogens (tertiary/aromatic N) is 2. The molecule has 5 nitrogen and oxygen atoms in total. The molecule has 0 spiro atoms. The molecule has 2 amide bonds. The van der Waals surface area contributed by atoms with Crippen LogP contribution < -0.4 is 10.2 Å². The van der Waals surface area contributed by atoms with Crippen molar-refractivity contribution in [3.63, 3.8) is 0 Å². The molecule has 146 valence electrons. The second-order valence-corrected chi connectivity index (χ2v) is 7.46. The molecule has 0 aliphatic carbocycles. The molecule has 2 aliphatic rings. The van der Waals surface area contributed by atoms with Gasteiger partial charge in [-0.3, -0.25) is 9.59 Å². The quantitative estimate of drug-likeness (QED) is 0.888. The summed E-state index contributed by atoms with van der Waals surface area (Å²) in [5.74, 6) is -0.200. The summed E-state index contributed by atoms with van der Waals surface area (Å²) >= 11 is 0. The van der Waals surface area contributed by atoms with Crippen LogP contribution in [-0.4, -0.2) is 49.4 Å². The minimum Gasteiger partial charge on any atom is -0.366 e. The van der Waals surface area contributed by atoms with Crippen molar-refractivity contribution in [1.29, 1.82) is 0 Å². The summed E-state index contributed by atoms with van der Waals surface area (Å²) in [4.78, 5) is 29.2. The van der Waals surface area contributed by atoms with E-state index < -0.39 is 5.41 Å². The second-order valence-electron chi connectivity index (χ2n) is 7.46. The van der Waals surface area contributed by atoms with E-state index in [0.29, 0.717) is 51.3 Å². The highest BCUT2D eigenvalue weighted by atomic mass is 19.1. The molecule has 2 heterocycles. The van der Waals surface area contributed by atoms with Gasteiger partial charge in [-0.05, 0) is 24.1 Å². The molecule has 2 aromatic rings. The number of para-hydroxylation sites is 1. The molecular weight excluding hydrogens is 357 g/mol. The van der Waals surface area contributed by atoms with Crippen LogP contribution in [0.15, 0.2) is 54.6 Å². The first-order chi connectivity index (χ1) is 13.6. The van der Waals surface area contributed by atoms with E-state index in [0.717, 1.165) is 5.56 Å². The maximum Gasteiger partial charge on any atom is 0.235 e. The van der Waals surface area contributed by atoms with E-state index in [4.69, 9.17) is 0 Å². The SMILES string of the molecule is O=C1CCC(C(=O)N2CCN(c3ccccc3F)CC2)(c2ccccc2)CN1. The summed E-state index contributed by atoms with van der Waals surface area (Å²) in [7, 11) is 0. The average Bonchev–Trinajstić information content (AvgIpc) is 2.75. The number of hydrogen-bond donors (Lipinski definition) is 1. The molecule has 6 heteroatoms. The number of anilines is 1. The second kappa shape index (κ2) is 7.62. The fourth-order valence-electron chi connectivity index (χ4n) is 4.22. The van der Waals surface area contributed by atoms with E-state index in [1.54, 1.807) is 12.1 Å². The van der Waals surface area contributed by atoms with Gasteiger partial charge in [0, 0.05) is 39.1 Å². The van der Waals surface area contributed by atoms with E-state index in [9.17, 15) is 14.0 Å². The number of halogens is 1. The van der Waals surface area contributed by atoms with Gasteiger partial charge in [-0.1, -0.05) is 42.5 Å². The van der Waals surface area contributed by atoms with Gasteiger partial charge >= 0.3 is 0 Å². The van der Waals surface area contributed by atoms with Crippen LogP contribution in [0.1, 0.15) is 18.4 Å². The van der Waals surface area contributed by atoms with Crippen LogP contribution in [0.25, 0.3) is 0 Å². The average molecular weight is 381 g/mol. The molecule has 4 rings (SSSR count). The molecule has 1 unspecified atom stereocenters. The normalized spacial score (nSPS) is 22.7. The highest BCUT2D eigenvalue weighted by Crippen LogP contribution is 2.34. The van der Waals surface area contributed by atoms with E-state index in [1.807, 2.05) is 46.2 Å². The number of carbonyl (C=O) groups is 2. The van der Waals surface area contributed by atoms with Crippen molar-refractivity contribution in [2.45, 2.75) is 18.3 Å². The molecule has 2 aliphatic heterocycles. The molecule has 0 aromatic heterocycles. The molecular formula is C22H24FN3O2. The Morgan fingerprint density at radius 1 is 0.964 bits per heavy atom. The van der Waals surface area contributed by atoms with E-state index in [1.165, 1.54) is 6.07 Å². The Kier molecular flexibility index (Phi) is 5.03. The van der Waals surface area contributed by atoms with E-state index in [2.05, 4.69) is 5.32 Å². The van der Waals surface area contributed by atoms with Crippen LogP contribution in [0.4, 0.5) is 10.1 Å². The van der Waals surface area contributed by atoms with Gasteiger partial charge in [0.2, 0.25) is 11.8 Å². The standard InChI is InChI=1S/C22H24FN3O2/c23-18-8-4-5-9-19(18)25-12-14-26(15-13-25)21(28)22(11-10-20(27)24-16-22)17-6-2-1-3-7-17/h1-9H,10-16H2,(H,24,27). The Hall–Kier alpha value is -2.89. The minimum absolute atomic E-state index is 0.0104. The largest absolute Gasteiger partial charge is 0.366 e. The monoisotopic (exact) mass is 381 g/mol. The fraction of sp³-hybridized carbons (Fsp3) is 0.364. The minimum atomic E-state index is -0.727. The van der Waals surface area contributed by atoms with Crippen LogP contribution >= 0.6 is 0 Å². The van der Waals surface area contributed by atoms with Gasteiger partial charge in [-0.15, -0.1) is 0 Å². The topological polar surface area (TPSA) is 52.7 Å². The van der Waals surface area contributed by atoms with Crippen molar-refractivity contribution in [2.75, 3.05) is 37.6 Å². The maximum atomic E-state index is 14.1.